The summed E-state index contributed by atoms with van der Waals surface area (Å²) >= 11 is 0. The van der Waals surface area contributed by atoms with Crippen LogP contribution in [0.1, 0.15) is 31.2 Å². The third kappa shape index (κ3) is 5.72. The van der Waals surface area contributed by atoms with E-state index in [-0.39, 0.29) is 41.8 Å². The van der Waals surface area contributed by atoms with Crippen molar-refractivity contribution in [3.05, 3.63) is 35.6 Å². The predicted molar refractivity (Wildman–Crippen MR) is 98.6 cm³/mol. The average Bonchev–Trinajstić information content (AvgIpc) is 3.23. The molecule has 0 saturated heterocycles. The van der Waals surface area contributed by atoms with Crippen molar-refractivity contribution < 1.29 is 9.13 Å². The molecule has 0 spiro atoms. The van der Waals surface area contributed by atoms with Gasteiger partial charge in [0.1, 0.15) is 5.82 Å². The first-order chi connectivity index (χ1) is 10.3. The molecule has 6 heteroatoms. The molecule has 0 amide bonds. The van der Waals surface area contributed by atoms with E-state index in [0.29, 0.717) is 6.61 Å². The van der Waals surface area contributed by atoms with Crippen molar-refractivity contribution in [2.45, 2.75) is 31.7 Å². The van der Waals surface area contributed by atoms with Gasteiger partial charge in [0.25, 0.3) is 0 Å². The third-order valence-corrected chi connectivity index (χ3v) is 3.54. The van der Waals surface area contributed by atoms with Crippen molar-refractivity contribution in [2.24, 2.45) is 4.99 Å². The molecule has 0 aliphatic heterocycles. The first kappa shape index (κ1) is 19.2. The Labute approximate surface area is 148 Å². The van der Waals surface area contributed by atoms with Gasteiger partial charge >= 0.3 is 0 Å². The SMILES string of the molecule is CCNC(=NCCCOC)NC1CC1c1ccccc1F.I. The normalized spacial score (nSPS) is 20.2. The number of aliphatic imine (C=N–C) groups is 1. The van der Waals surface area contributed by atoms with E-state index in [1.165, 1.54) is 6.07 Å². The topological polar surface area (TPSA) is 45.7 Å². The van der Waals surface area contributed by atoms with Gasteiger partial charge in [-0.15, -0.1) is 24.0 Å². The molecule has 1 fully saturated rings. The summed E-state index contributed by atoms with van der Waals surface area (Å²) in [6.07, 6.45) is 1.85. The molecule has 1 aromatic carbocycles. The maximum Gasteiger partial charge on any atom is 0.191 e. The van der Waals surface area contributed by atoms with Crippen LogP contribution in [0.2, 0.25) is 0 Å². The van der Waals surface area contributed by atoms with Gasteiger partial charge in [0, 0.05) is 38.8 Å². The highest BCUT2D eigenvalue weighted by atomic mass is 127. The van der Waals surface area contributed by atoms with Crippen molar-refractivity contribution in [3.63, 3.8) is 0 Å². The van der Waals surface area contributed by atoms with Crippen molar-refractivity contribution in [3.8, 4) is 0 Å². The van der Waals surface area contributed by atoms with Crippen LogP contribution < -0.4 is 10.6 Å². The minimum atomic E-state index is -0.117. The number of guanidine groups is 1. The van der Waals surface area contributed by atoms with Crippen LogP contribution in [0.15, 0.2) is 29.3 Å². The van der Waals surface area contributed by atoms with Crippen LogP contribution in [0.5, 0.6) is 0 Å². The quantitative estimate of drug-likeness (QED) is 0.308. The second kappa shape index (κ2) is 9.99. The number of hydrogen-bond acceptors (Lipinski definition) is 2. The molecule has 0 heterocycles. The minimum absolute atomic E-state index is 0. The Morgan fingerprint density at radius 2 is 2.18 bits per heavy atom. The van der Waals surface area contributed by atoms with Crippen LogP contribution in [-0.2, 0) is 4.74 Å². The Hall–Kier alpha value is -0.890. The lowest BCUT2D eigenvalue weighted by atomic mass is 10.1. The highest BCUT2D eigenvalue weighted by molar-refractivity contribution is 14.0. The number of nitrogens with one attached hydrogen (secondary N) is 2. The summed E-state index contributed by atoms with van der Waals surface area (Å²) in [5, 5.41) is 6.60. The summed E-state index contributed by atoms with van der Waals surface area (Å²) in [7, 11) is 1.69. The molecule has 0 bridgehead atoms. The van der Waals surface area contributed by atoms with E-state index < -0.39 is 0 Å². The summed E-state index contributed by atoms with van der Waals surface area (Å²) in [6.45, 7) is 4.28. The van der Waals surface area contributed by atoms with E-state index in [4.69, 9.17) is 4.74 Å². The summed E-state index contributed by atoms with van der Waals surface area (Å²) in [5.41, 5.74) is 0.797. The van der Waals surface area contributed by atoms with E-state index in [1.807, 2.05) is 19.1 Å². The highest BCUT2D eigenvalue weighted by Gasteiger charge is 2.40. The van der Waals surface area contributed by atoms with E-state index in [1.54, 1.807) is 13.2 Å². The molecule has 0 aromatic heterocycles. The molecule has 1 aliphatic rings. The number of nitrogens with zero attached hydrogens (tertiary/aromatic N) is 1. The molecule has 2 unspecified atom stereocenters. The van der Waals surface area contributed by atoms with Crippen molar-refractivity contribution in [1.29, 1.82) is 0 Å². The third-order valence-electron chi connectivity index (χ3n) is 3.54. The Morgan fingerprint density at radius 3 is 2.86 bits per heavy atom. The smallest absolute Gasteiger partial charge is 0.191 e. The lowest BCUT2D eigenvalue weighted by Gasteiger charge is -2.11. The van der Waals surface area contributed by atoms with Gasteiger partial charge in [-0.2, -0.15) is 0 Å². The minimum Gasteiger partial charge on any atom is -0.385 e. The molecule has 2 atom stereocenters. The lowest BCUT2D eigenvalue weighted by molar-refractivity contribution is 0.197. The van der Waals surface area contributed by atoms with Crippen molar-refractivity contribution in [1.82, 2.24) is 10.6 Å². The van der Waals surface area contributed by atoms with Crippen LogP contribution >= 0.6 is 24.0 Å². The van der Waals surface area contributed by atoms with Crippen molar-refractivity contribution >= 4 is 29.9 Å². The summed E-state index contributed by atoms with van der Waals surface area (Å²) < 4.78 is 18.8. The Balaban J connectivity index is 0.00000242. The molecule has 2 N–H and O–H groups in total. The molecule has 2 rings (SSSR count). The number of methoxy groups -OCH3 is 1. The molecule has 1 aromatic rings. The molecule has 1 aliphatic carbocycles. The molecule has 1 saturated carbocycles. The van der Waals surface area contributed by atoms with E-state index in [2.05, 4.69) is 15.6 Å². The zero-order chi connectivity index (χ0) is 15.1. The van der Waals surface area contributed by atoms with E-state index in [9.17, 15) is 4.39 Å². The molecular formula is C16H25FIN3O. The van der Waals surface area contributed by atoms with Crippen molar-refractivity contribution in [2.75, 3.05) is 26.8 Å². The molecule has 4 nitrogen and oxygen atoms in total. The Bertz CT molecular complexity index is 484. The van der Waals surface area contributed by atoms with E-state index >= 15 is 0 Å². The van der Waals surface area contributed by atoms with Crippen LogP contribution in [0.4, 0.5) is 4.39 Å². The summed E-state index contributed by atoms with van der Waals surface area (Å²) in [5.74, 6) is 0.931. The van der Waals surface area contributed by atoms with Crippen LogP contribution in [0.3, 0.4) is 0 Å². The monoisotopic (exact) mass is 421 g/mol. The van der Waals surface area contributed by atoms with Gasteiger partial charge in [-0.05, 0) is 31.4 Å². The first-order valence-electron chi connectivity index (χ1n) is 7.54. The lowest BCUT2D eigenvalue weighted by Crippen LogP contribution is -2.39. The fourth-order valence-electron chi connectivity index (χ4n) is 2.37. The average molecular weight is 421 g/mol. The zero-order valence-electron chi connectivity index (χ0n) is 13.1. The van der Waals surface area contributed by atoms with Gasteiger partial charge in [0.15, 0.2) is 5.96 Å². The van der Waals surface area contributed by atoms with Gasteiger partial charge in [-0.3, -0.25) is 4.99 Å². The number of benzene rings is 1. The van der Waals surface area contributed by atoms with Gasteiger partial charge in [-0.25, -0.2) is 4.39 Å². The molecule has 124 valence electrons. The second-order valence-corrected chi connectivity index (χ2v) is 5.22. The Kier molecular flexibility index (Phi) is 8.70. The fraction of sp³-hybridized carbons (Fsp3) is 0.562. The van der Waals surface area contributed by atoms with Gasteiger partial charge in [0.2, 0.25) is 0 Å². The second-order valence-electron chi connectivity index (χ2n) is 5.22. The molecular weight excluding hydrogens is 396 g/mol. The fourth-order valence-corrected chi connectivity index (χ4v) is 2.37. The van der Waals surface area contributed by atoms with Gasteiger partial charge in [-0.1, -0.05) is 18.2 Å². The largest absolute Gasteiger partial charge is 0.385 e. The van der Waals surface area contributed by atoms with E-state index in [0.717, 1.165) is 37.5 Å². The number of halogens is 2. The maximum absolute atomic E-state index is 13.7. The summed E-state index contributed by atoms with van der Waals surface area (Å²) in [6, 6.07) is 7.27. The highest BCUT2D eigenvalue weighted by Crippen LogP contribution is 2.41. The van der Waals surface area contributed by atoms with Crippen LogP contribution in [0.25, 0.3) is 0 Å². The van der Waals surface area contributed by atoms with Gasteiger partial charge < -0.3 is 15.4 Å². The zero-order valence-corrected chi connectivity index (χ0v) is 15.5. The standard InChI is InChI=1S/C16H24FN3O.HI/c1-3-18-16(19-9-6-10-21-2)20-15-11-13(15)12-7-4-5-8-14(12)17;/h4-5,7-8,13,15H,3,6,9-11H2,1-2H3,(H2,18,19,20);1H. The molecule has 22 heavy (non-hydrogen) atoms. The van der Waals surface area contributed by atoms with Crippen LogP contribution in [-0.4, -0.2) is 38.8 Å². The number of hydrogen-bond donors (Lipinski definition) is 2. The summed E-state index contributed by atoms with van der Waals surface area (Å²) in [4.78, 5) is 4.50. The molecule has 0 radical (unpaired) electrons. The van der Waals surface area contributed by atoms with Crippen LogP contribution in [0, 0.1) is 5.82 Å². The first-order valence-corrected chi connectivity index (χ1v) is 7.54. The van der Waals surface area contributed by atoms with Gasteiger partial charge in [0.05, 0.1) is 0 Å². The predicted octanol–water partition coefficient (Wildman–Crippen LogP) is 2.89. The Morgan fingerprint density at radius 1 is 1.41 bits per heavy atom. The maximum atomic E-state index is 13.7. The number of rotatable bonds is 7. The number of ether oxygens (including phenoxy) is 1.